The second kappa shape index (κ2) is 10.2. The predicted octanol–water partition coefficient (Wildman–Crippen LogP) is 3.81. The molecule has 1 fully saturated rings. The van der Waals surface area contributed by atoms with Crippen molar-refractivity contribution < 1.29 is 14.6 Å². The lowest BCUT2D eigenvalue weighted by atomic mass is 9.94. The molecule has 34 heavy (non-hydrogen) atoms. The van der Waals surface area contributed by atoms with Gasteiger partial charge in [-0.05, 0) is 44.2 Å². The number of piperazine rings is 1. The van der Waals surface area contributed by atoms with Crippen LogP contribution in [0, 0.1) is 6.92 Å². The van der Waals surface area contributed by atoms with Crippen molar-refractivity contribution in [1.82, 2.24) is 9.47 Å². The van der Waals surface area contributed by atoms with Gasteiger partial charge in [0.25, 0.3) is 5.56 Å². The molecule has 0 unspecified atom stereocenters. The molecule has 3 aromatic rings. The topological polar surface area (TPSA) is 67.2 Å². The quantitative estimate of drug-likeness (QED) is 0.575. The molecule has 1 aliphatic rings. The van der Waals surface area contributed by atoms with Gasteiger partial charge in [-0.1, -0.05) is 18.2 Å². The fourth-order valence-electron chi connectivity index (χ4n) is 4.87. The van der Waals surface area contributed by atoms with Crippen LogP contribution in [0.4, 0.5) is 5.69 Å². The zero-order valence-corrected chi connectivity index (χ0v) is 20.3. The molecule has 0 amide bonds. The first-order valence-corrected chi connectivity index (χ1v) is 11.7. The lowest BCUT2D eigenvalue weighted by Crippen LogP contribution is -2.49. The third-order valence-corrected chi connectivity index (χ3v) is 6.65. The number of aromatic nitrogens is 1. The summed E-state index contributed by atoms with van der Waals surface area (Å²) in [5, 5.41) is 11.0. The van der Waals surface area contributed by atoms with Crippen molar-refractivity contribution in [3.8, 4) is 17.2 Å². The van der Waals surface area contributed by atoms with Crippen LogP contribution in [-0.2, 0) is 6.54 Å². The second-order valence-corrected chi connectivity index (χ2v) is 8.50. The molecule has 1 aromatic heterocycles. The highest BCUT2D eigenvalue weighted by Gasteiger charge is 2.33. The fraction of sp³-hybridized carbons (Fsp3) is 0.370. The molecule has 1 saturated heterocycles. The minimum absolute atomic E-state index is 0.0144. The van der Waals surface area contributed by atoms with Crippen LogP contribution in [-0.4, -0.2) is 55.0 Å². The van der Waals surface area contributed by atoms with Crippen LogP contribution >= 0.6 is 0 Å². The monoisotopic (exact) mass is 463 g/mol. The summed E-state index contributed by atoms with van der Waals surface area (Å²) in [6.45, 7) is 7.40. The first kappa shape index (κ1) is 23.7. The minimum atomic E-state index is -0.454. The van der Waals surface area contributed by atoms with Crippen molar-refractivity contribution >= 4 is 5.69 Å². The van der Waals surface area contributed by atoms with Crippen molar-refractivity contribution in [1.29, 1.82) is 0 Å². The third-order valence-electron chi connectivity index (χ3n) is 6.65. The van der Waals surface area contributed by atoms with Crippen LogP contribution in [0.25, 0.3) is 0 Å². The maximum Gasteiger partial charge on any atom is 0.259 e. The van der Waals surface area contributed by atoms with E-state index in [0.717, 1.165) is 37.4 Å². The highest BCUT2D eigenvalue weighted by molar-refractivity contribution is 5.50. The predicted molar refractivity (Wildman–Crippen MR) is 134 cm³/mol. The number of ether oxygens (including phenoxy) is 2. The van der Waals surface area contributed by atoms with Gasteiger partial charge in [-0.3, -0.25) is 9.69 Å². The molecule has 0 aliphatic carbocycles. The van der Waals surface area contributed by atoms with Gasteiger partial charge in [0.2, 0.25) is 0 Å². The molecule has 1 atom stereocenters. The molecule has 0 spiro atoms. The number of hydrogen-bond acceptors (Lipinski definition) is 6. The molecule has 7 nitrogen and oxygen atoms in total. The Labute approximate surface area is 200 Å². The molecular formula is C27H33N3O4. The average molecular weight is 464 g/mol. The minimum Gasteiger partial charge on any atom is -0.507 e. The largest absolute Gasteiger partial charge is 0.507 e. The smallest absolute Gasteiger partial charge is 0.259 e. The van der Waals surface area contributed by atoms with E-state index in [1.54, 1.807) is 24.9 Å². The number of methoxy groups -OCH3 is 2. The Balaban J connectivity index is 1.79. The van der Waals surface area contributed by atoms with E-state index in [1.165, 1.54) is 5.69 Å². The summed E-state index contributed by atoms with van der Waals surface area (Å²) in [6.07, 6.45) is 0. The van der Waals surface area contributed by atoms with Crippen molar-refractivity contribution in [3.63, 3.8) is 0 Å². The molecule has 2 aromatic carbocycles. The summed E-state index contributed by atoms with van der Waals surface area (Å²) in [5.74, 6) is 1.31. The summed E-state index contributed by atoms with van der Waals surface area (Å²) >= 11 is 0. The van der Waals surface area contributed by atoms with Crippen LogP contribution in [0.5, 0.6) is 17.2 Å². The number of aromatic hydroxyl groups is 1. The number of hydrogen-bond donors (Lipinski definition) is 1. The van der Waals surface area contributed by atoms with E-state index < -0.39 is 6.04 Å². The summed E-state index contributed by atoms with van der Waals surface area (Å²) in [6, 6.07) is 17.2. The molecule has 1 N–H and O–H groups in total. The van der Waals surface area contributed by atoms with Gasteiger partial charge < -0.3 is 24.0 Å². The van der Waals surface area contributed by atoms with Crippen molar-refractivity contribution in [2.24, 2.45) is 0 Å². The summed E-state index contributed by atoms with van der Waals surface area (Å²) in [5.41, 5.74) is 2.96. The number of aryl methyl sites for hydroxylation is 1. The van der Waals surface area contributed by atoms with Crippen molar-refractivity contribution in [3.05, 3.63) is 81.8 Å². The van der Waals surface area contributed by atoms with Crippen LogP contribution < -0.4 is 19.9 Å². The zero-order chi connectivity index (χ0) is 24.2. The van der Waals surface area contributed by atoms with Gasteiger partial charge in [-0.15, -0.1) is 0 Å². The molecule has 0 bridgehead atoms. The van der Waals surface area contributed by atoms with Crippen LogP contribution in [0.3, 0.4) is 0 Å². The van der Waals surface area contributed by atoms with E-state index in [0.29, 0.717) is 23.6 Å². The van der Waals surface area contributed by atoms with Gasteiger partial charge in [0, 0.05) is 55.7 Å². The summed E-state index contributed by atoms with van der Waals surface area (Å²) in [7, 11) is 3.22. The fourth-order valence-corrected chi connectivity index (χ4v) is 4.87. The Morgan fingerprint density at radius 2 is 1.68 bits per heavy atom. The molecule has 180 valence electrons. The van der Waals surface area contributed by atoms with Crippen molar-refractivity contribution in [2.75, 3.05) is 45.3 Å². The maximum absolute atomic E-state index is 13.6. The number of para-hydroxylation sites is 1. The number of rotatable bonds is 7. The zero-order valence-electron chi connectivity index (χ0n) is 20.3. The number of pyridine rings is 1. The highest BCUT2D eigenvalue weighted by Crippen LogP contribution is 2.39. The highest BCUT2D eigenvalue weighted by atomic mass is 16.5. The third kappa shape index (κ3) is 4.48. The first-order chi connectivity index (χ1) is 16.5. The lowest BCUT2D eigenvalue weighted by Gasteiger charge is -2.41. The van der Waals surface area contributed by atoms with Gasteiger partial charge in [-0.2, -0.15) is 0 Å². The first-order valence-electron chi connectivity index (χ1n) is 11.7. The lowest BCUT2D eigenvalue weighted by molar-refractivity contribution is 0.204. The molecule has 0 saturated carbocycles. The van der Waals surface area contributed by atoms with Crippen LogP contribution in [0.1, 0.15) is 29.8 Å². The van der Waals surface area contributed by atoms with Gasteiger partial charge >= 0.3 is 0 Å². The Hall–Kier alpha value is -3.45. The molecule has 2 heterocycles. The Kier molecular flexibility index (Phi) is 7.12. The van der Waals surface area contributed by atoms with Gasteiger partial charge in [0.05, 0.1) is 25.8 Å². The van der Waals surface area contributed by atoms with Crippen molar-refractivity contribution in [2.45, 2.75) is 26.4 Å². The van der Waals surface area contributed by atoms with Gasteiger partial charge in [-0.25, -0.2) is 0 Å². The molecule has 4 rings (SSSR count). The van der Waals surface area contributed by atoms with E-state index in [4.69, 9.17) is 9.47 Å². The van der Waals surface area contributed by atoms with Gasteiger partial charge in [0.1, 0.15) is 17.2 Å². The number of benzene rings is 2. The van der Waals surface area contributed by atoms with E-state index in [2.05, 4.69) is 21.9 Å². The Morgan fingerprint density at radius 3 is 2.29 bits per heavy atom. The van der Waals surface area contributed by atoms with Crippen LogP contribution in [0.15, 0.2) is 59.4 Å². The molecule has 0 radical (unpaired) electrons. The van der Waals surface area contributed by atoms with E-state index in [-0.39, 0.29) is 11.3 Å². The normalized spacial score (nSPS) is 15.2. The second-order valence-electron chi connectivity index (χ2n) is 8.50. The summed E-state index contributed by atoms with van der Waals surface area (Å²) in [4.78, 5) is 18.2. The molecular weight excluding hydrogens is 430 g/mol. The number of nitrogens with zero attached hydrogens (tertiary/aromatic N) is 3. The van der Waals surface area contributed by atoms with E-state index in [1.807, 2.05) is 50.2 Å². The Bertz CT molecular complexity index is 1180. The van der Waals surface area contributed by atoms with E-state index >= 15 is 0 Å². The molecule has 7 heteroatoms. The average Bonchev–Trinajstić information content (AvgIpc) is 2.87. The van der Waals surface area contributed by atoms with Crippen LogP contribution in [0.2, 0.25) is 0 Å². The van der Waals surface area contributed by atoms with E-state index in [9.17, 15) is 9.90 Å². The van der Waals surface area contributed by atoms with Gasteiger partial charge in [0.15, 0.2) is 0 Å². The standard InChI is InChI=1S/C27H33N3O4/c1-5-30-19(2)17-23(31)25(27(30)32)26(22-12-11-21(33-3)18-24(22)34-4)29-15-13-28(14-16-29)20-9-7-6-8-10-20/h6-12,17-18,26,31H,5,13-16H2,1-4H3/t26-/m0/s1. The molecule has 1 aliphatic heterocycles. The summed E-state index contributed by atoms with van der Waals surface area (Å²) < 4.78 is 12.8. The SMILES string of the molecule is CCn1c(C)cc(O)c([C@H](c2ccc(OC)cc2OC)N2CCN(c3ccccc3)CC2)c1=O. The Morgan fingerprint density at radius 1 is 0.971 bits per heavy atom. The number of anilines is 1. The maximum atomic E-state index is 13.6.